The van der Waals surface area contributed by atoms with Gasteiger partial charge in [-0.1, -0.05) is 29.8 Å². The van der Waals surface area contributed by atoms with Crippen LogP contribution in [0, 0.1) is 6.92 Å². The number of nitrogen functional groups attached to an aromatic ring is 1. The molecule has 1 aromatic carbocycles. The van der Waals surface area contributed by atoms with Crippen molar-refractivity contribution in [2.75, 3.05) is 12.5 Å². The number of nitrogens with one attached hydrogen (secondary N) is 1. The monoisotopic (exact) mass is 270 g/mol. The second-order valence-electron chi connectivity index (χ2n) is 4.69. The number of pyridine rings is 1. The van der Waals surface area contributed by atoms with Crippen LogP contribution >= 0.6 is 0 Å². The number of benzene rings is 1. The summed E-state index contributed by atoms with van der Waals surface area (Å²) in [5.41, 5.74) is 5.17. The second-order valence-corrected chi connectivity index (χ2v) is 4.69. The highest BCUT2D eigenvalue weighted by Gasteiger charge is 2.16. The Morgan fingerprint density at radius 3 is 2.85 bits per heavy atom. The molecule has 1 aromatic heterocycles. The lowest BCUT2D eigenvalue weighted by Crippen LogP contribution is -2.28. The fourth-order valence-corrected chi connectivity index (χ4v) is 2.05. The van der Waals surface area contributed by atoms with Crippen LogP contribution in [-0.2, 0) is 6.54 Å². The number of carbonyl (C=O) groups is 1. The number of aromatic nitrogens is 1. The van der Waals surface area contributed by atoms with E-state index in [4.69, 9.17) is 5.84 Å². The van der Waals surface area contributed by atoms with Crippen LogP contribution in [-0.4, -0.2) is 22.8 Å². The Balaban J connectivity index is 2.16. The lowest BCUT2D eigenvalue weighted by atomic mass is 10.1. The normalized spacial score (nSPS) is 10.2. The molecule has 0 saturated heterocycles. The molecule has 1 heterocycles. The minimum absolute atomic E-state index is 0.118. The molecule has 0 radical (unpaired) electrons. The molecule has 0 bridgehead atoms. The number of amides is 1. The zero-order valence-electron chi connectivity index (χ0n) is 11.6. The highest BCUT2D eigenvalue weighted by molar-refractivity contribution is 5.98. The zero-order valence-corrected chi connectivity index (χ0v) is 11.6. The molecule has 3 N–H and O–H groups in total. The van der Waals surface area contributed by atoms with E-state index >= 15 is 0 Å². The summed E-state index contributed by atoms with van der Waals surface area (Å²) in [5.74, 6) is 5.64. The Hall–Kier alpha value is -2.40. The van der Waals surface area contributed by atoms with Gasteiger partial charge in [-0.2, -0.15) is 0 Å². The first kappa shape index (κ1) is 14.0. The predicted octanol–water partition coefficient (Wildman–Crippen LogP) is 1.95. The Labute approximate surface area is 118 Å². The largest absolute Gasteiger partial charge is 0.337 e. The van der Waals surface area contributed by atoms with Crippen molar-refractivity contribution in [1.82, 2.24) is 9.88 Å². The number of hydrazine groups is 1. The van der Waals surface area contributed by atoms with E-state index in [2.05, 4.69) is 16.5 Å². The van der Waals surface area contributed by atoms with Crippen LogP contribution in [0.4, 0.5) is 5.82 Å². The first-order valence-corrected chi connectivity index (χ1v) is 6.34. The molecule has 5 nitrogen and oxygen atoms in total. The van der Waals surface area contributed by atoms with Gasteiger partial charge in [-0.25, -0.2) is 10.8 Å². The summed E-state index contributed by atoms with van der Waals surface area (Å²) in [5, 5.41) is 0. The van der Waals surface area contributed by atoms with Crippen molar-refractivity contribution in [3.05, 3.63) is 59.3 Å². The lowest BCUT2D eigenvalue weighted by molar-refractivity contribution is 0.0785. The maximum absolute atomic E-state index is 12.4. The average molecular weight is 270 g/mol. The van der Waals surface area contributed by atoms with Crippen LogP contribution in [0.2, 0.25) is 0 Å². The smallest absolute Gasteiger partial charge is 0.257 e. The van der Waals surface area contributed by atoms with Gasteiger partial charge in [-0.3, -0.25) is 4.79 Å². The van der Waals surface area contributed by atoms with Gasteiger partial charge in [0.25, 0.3) is 5.91 Å². The molecular weight excluding hydrogens is 252 g/mol. The molecule has 1 amide bonds. The van der Waals surface area contributed by atoms with Crippen LogP contribution in [0.5, 0.6) is 0 Å². The van der Waals surface area contributed by atoms with Gasteiger partial charge in [-0.15, -0.1) is 0 Å². The lowest BCUT2D eigenvalue weighted by Gasteiger charge is -2.18. The number of nitrogens with zero attached hydrogens (tertiary/aromatic N) is 2. The third kappa shape index (κ3) is 3.13. The van der Waals surface area contributed by atoms with Crippen molar-refractivity contribution in [1.29, 1.82) is 0 Å². The number of nitrogens with two attached hydrogens (primary N) is 1. The minimum atomic E-state index is -0.118. The first-order valence-electron chi connectivity index (χ1n) is 6.34. The van der Waals surface area contributed by atoms with Crippen molar-refractivity contribution in [2.45, 2.75) is 13.5 Å². The Morgan fingerprint density at radius 1 is 1.35 bits per heavy atom. The fraction of sp³-hybridized carbons (Fsp3) is 0.200. The molecular formula is C15H18N4O. The molecule has 0 fully saturated rings. The van der Waals surface area contributed by atoms with Gasteiger partial charge in [0.1, 0.15) is 0 Å². The standard InChI is InChI=1S/C15H18N4O/c1-11-5-3-6-12(9-11)10-19(2)15(20)13-7-4-8-17-14(13)18-16/h3-9H,10,16H2,1-2H3,(H,17,18). The summed E-state index contributed by atoms with van der Waals surface area (Å²) < 4.78 is 0. The zero-order chi connectivity index (χ0) is 14.5. The number of rotatable bonds is 4. The molecule has 0 aliphatic heterocycles. The van der Waals surface area contributed by atoms with E-state index in [1.807, 2.05) is 25.1 Å². The summed E-state index contributed by atoms with van der Waals surface area (Å²) in [6.07, 6.45) is 1.59. The van der Waals surface area contributed by atoms with Crippen molar-refractivity contribution in [2.24, 2.45) is 5.84 Å². The molecule has 0 spiro atoms. The topological polar surface area (TPSA) is 71.2 Å². The third-order valence-corrected chi connectivity index (χ3v) is 3.02. The Kier molecular flexibility index (Phi) is 4.32. The fourth-order valence-electron chi connectivity index (χ4n) is 2.05. The van der Waals surface area contributed by atoms with Gasteiger partial charge in [0, 0.05) is 19.8 Å². The number of aryl methyl sites for hydroxylation is 1. The molecule has 0 aliphatic carbocycles. The Morgan fingerprint density at radius 2 is 2.15 bits per heavy atom. The van der Waals surface area contributed by atoms with E-state index in [0.29, 0.717) is 17.9 Å². The van der Waals surface area contributed by atoms with Gasteiger partial charge in [-0.05, 0) is 24.6 Å². The maximum atomic E-state index is 12.4. The van der Waals surface area contributed by atoms with E-state index in [-0.39, 0.29) is 5.91 Å². The summed E-state index contributed by atoms with van der Waals surface area (Å²) in [4.78, 5) is 18.1. The van der Waals surface area contributed by atoms with Gasteiger partial charge in [0.2, 0.25) is 0 Å². The van der Waals surface area contributed by atoms with Crippen LogP contribution in [0.1, 0.15) is 21.5 Å². The van der Waals surface area contributed by atoms with Gasteiger partial charge in [0.15, 0.2) is 5.82 Å². The van der Waals surface area contributed by atoms with Crippen LogP contribution in [0.15, 0.2) is 42.6 Å². The molecule has 0 aliphatic rings. The molecule has 2 aromatic rings. The molecule has 20 heavy (non-hydrogen) atoms. The first-order chi connectivity index (χ1) is 9.61. The van der Waals surface area contributed by atoms with Gasteiger partial charge < -0.3 is 10.3 Å². The third-order valence-electron chi connectivity index (χ3n) is 3.02. The number of hydrogen-bond acceptors (Lipinski definition) is 4. The van der Waals surface area contributed by atoms with Crippen molar-refractivity contribution in [3.8, 4) is 0 Å². The van der Waals surface area contributed by atoms with Crippen LogP contribution < -0.4 is 11.3 Å². The summed E-state index contributed by atoms with van der Waals surface area (Å²) >= 11 is 0. The highest BCUT2D eigenvalue weighted by atomic mass is 16.2. The number of anilines is 1. The molecule has 2 rings (SSSR count). The number of carbonyl (C=O) groups excluding carboxylic acids is 1. The molecule has 0 atom stereocenters. The van der Waals surface area contributed by atoms with Crippen molar-refractivity contribution >= 4 is 11.7 Å². The molecule has 5 heteroatoms. The molecule has 0 unspecified atom stereocenters. The SMILES string of the molecule is Cc1cccc(CN(C)C(=O)c2cccnc2NN)c1. The summed E-state index contributed by atoms with van der Waals surface area (Å²) in [7, 11) is 1.76. The van der Waals surface area contributed by atoms with E-state index in [9.17, 15) is 4.79 Å². The van der Waals surface area contributed by atoms with Crippen molar-refractivity contribution in [3.63, 3.8) is 0 Å². The van der Waals surface area contributed by atoms with Crippen LogP contribution in [0.3, 0.4) is 0 Å². The molecule has 0 saturated carbocycles. The summed E-state index contributed by atoms with van der Waals surface area (Å²) in [6.45, 7) is 2.57. The maximum Gasteiger partial charge on any atom is 0.257 e. The highest BCUT2D eigenvalue weighted by Crippen LogP contribution is 2.14. The van der Waals surface area contributed by atoms with Crippen LogP contribution in [0.25, 0.3) is 0 Å². The van der Waals surface area contributed by atoms with Gasteiger partial charge >= 0.3 is 0 Å². The quantitative estimate of drug-likeness (QED) is 0.658. The van der Waals surface area contributed by atoms with E-state index < -0.39 is 0 Å². The minimum Gasteiger partial charge on any atom is -0.337 e. The Bertz CT molecular complexity index is 612. The predicted molar refractivity (Wildman–Crippen MR) is 79.0 cm³/mol. The van der Waals surface area contributed by atoms with Gasteiger partial charge in [0.05, 0.1) is 5.56 Å². The van der Waals surface area contributed by atoms with E-state index in [1.165, 1.54) is 5.56 Å². The van der Waals surface area contributed by atoms with E-state index in [0.717, 1.165) is 5.56 Å². The second kappa shape index (κ2) is 6.16. The van der Waals surface area contributed by atoms with E-state index in [1.54, 1.807) is 30.3 Å². The van der Waals surface area contributed by atoms with Crippen molar-refractivity contribution < 1.29 is 4.79 Å². The number of hydrogen-bond donors (Lipinski definition) is 2. The average Bonchev–Trinajstić information content (AvgIpc) is 2.46. The molecule has 104 valence electrons. The summed E-state index contributed by atoms with van der Waals surface area (Å²) in [6, 6.07) is 11.5.